The molecule has 1 spiro atoms. The minimum absolute atomic E-state index is 0.155. The Morgan fingerprint density at radius 2 is 1.73 bits per heavy atom. The van der Waals surface area contributed by atoms with Crippen LogP contribution in [0.1, 0.15) is 25.7 Å². The van der Waals surface area contributed by atoms with E-state index in [-0.39, 0.29) is 5.28 Å². The van der Waals surface area contributed by atoms with Gasteiger partial charge in [0.2, 0.25) is 5.28 Å². The SMILES string of the molecule is Clc1nnc(Cl)c(N2CC3(CCC(CN4CCN(c5ccccn5)CC4)CC3)C2)n1. The number of hydrogen-bond acceptors (Lipinski definition) is 7. The van der Waals surface area contributed by atoms with Gasteiger partial charge >= 0.3 is 0 Å². The molecule has 0 amide bonds. The van der Waals surface area contributed by atoms with Crippen molar-refractivity contribution >= 4 is 34.8 Å². The van der Waals surface area contributed by atoms with Crippen LogP contribution >= 0.6 is 23.2 Å². The van der Waals surface area contributed by atoms with E-state index in [1.165, 1.54) is 32.2 Å². The van der Waals surface area contributed by atoms with Gasteiger partial charge in [0.1, 0.15) is 5.82 Å². The molecule has 9 heteroatoms. The third kappa shape index (κ3) is 4.20. The summed E-state index contributed by atoms with van der Waals surface area (Å²) in [4.78, 5) is 16.0. The lowest BCUT2D eigenvalue weighted by Gasteiger charge is -2.54. The van der Waals surface area contributed by atoms with Crippen molar-refractivity contribution in [1.82, 2.24) is 25.1 Å². The molecule has 0 aromatic carbocycles. The minimum Gasteiger partial charge on any atom is -0.354 e. The summed E-state index contributed by atoms with van der Waals surface area (Å²) in [6.45, 7) is 7.62. The molecule has 0 unspecified atom stereocenters. The van der Waals surface area contributed by atoms with Crippen LogP contribution in [0.5, 0.6) is 0 Å². The van der Waals surface area contributed by atoms with Gasteiger partial charge in [-0.1, -0.05) is 17.7 Å². The van der Waals surface area contributed by atoms with Crippen molar-refractivity contribution in [2.24, 2.45) is 11.3 Å². The van der Waals surface area contributed by atoms with Crippen LogP contribution in [0.3, 0.4) is 0 Å². The smallest absolute Gasteiger partial charge is 0.245 e. The van der Waals surface area contributed by atoms with Gasteiger partial charge in [-0.3, -0.25) is 4.90 Å². The second kappa shape index (κ2) is 8.44. The van der Waals surface area contributed by atoms with Gasteiger partial charge < -0.3 is 9.80 Å². The predicted molar refractivity (Wildman–Crippen MR) is 119 cm³/mol. The van der Waals surface area contributed by atoms with Crippen molar-refractivity contribution in [2.75, 3.05) is 55.6 Å². The molecule has 4 heterocycles. The van der Waals surface area contributed by atoms with E-state index in [4.69, 9.17) is 23.2 Å². The highest BCUT2D eigenvalue weighted by Gasteiger charge is 2.46. The summed E-state index contributed by atoms with van der Waals surface area (Å²) >= 11 is 12.1. The maximum atomic E-state index is 6.16. The van der Waals surface area contributed by atoms with Gasteiger partial charge in [-0.05, 0) is 55.3 Å². The normalized spacial score (nSPS) is 22.3. The first-order valence-electron chi connectivity index (χ1n) is 10.8. The van der Waals surface area contributed by atoms with Gasteiger partial charge in [0, 0.05) is 57.4 Å². The third-order valence-corrected chi connectivity index (χ3v) is 7.39. The average molecular weight is 448 g/mol. The van der Waals surface area contributed by atoms with Gasteiger partial charge in [0.15, 0.2) is 11.0 Å². The molecule has 1 aliphatic carbocycles. The predicted octanol–water partition coefficient (Wildman–Crippen LogP) is 3.39. The number of aromatic nitrogens is 4. The third-order valence-electron chi connectivity index (χ3n) is 6.98. The molecule has 2 aliphatic heterocycles. The van der Waals surface area contributed by atoms with Crippen LogP contribution in [0.25, 0.3) is 0 Å². The number of hydrogen-bond donors (Lipinski definition) is 0. The van der Waals surface area contributed by atoms with E-state index in [0.717, 1.165) is 51.0 Å². The number of piperazine rings is 1. The molecule has 0 N–H and O–H groups in total. The summed E-state index contributed by atoms with van der Waals surface area (Å²) in [5.74, 6) is 2.59. The summed E-state index contributed by atoms with van der Waals surface area (Å²) in [6.07, 6.45) is 7.07. The van der Waals surface area contributed by atoms with Crippen molar-refractivity contribution < 1.29 is 0 Å². The van der Waals surface area contributed by atoms with Gasteiger partial charge in [-0.25, -0.2) is 4.98 Å². The lowest BCUT2D eigenvalue weighted by Crippen LogP contribution is -2.58. The van der Waals surface area contributed by atoms with Crippen molar-refractivity contribution in [3.8, 4) is 0 Å². The lowest BCUT2D eigenvalue weighted by atomic mass is 9.66. The van der Waals surface area contributed by atoms with Crippen LogP contribution in [-0.2, 0) is 0 Å². The summed E-state index contributed by atoms with van der Waals surface area (Å²) < 4.78 is 0. The Kier molecular flexibility index (Phi) is 5.69. The number of halogens is 2. The second-order valence-electron chi connectivity index (χ2n) is 8.97. The van der Waals surface area contributed by atoms with Gasteiger partial charge in [0.25, 0.3) is 0 Å². The molecule has 7 nitrogen and oxygen atoms in total. The number of pyridine rings is 1. The van der Waals surface area contributed by atoms with Crippen molar-refractivity contribution in [3.63, 3.8) is 0 Å². The zero-order valence-electron chi connectivity index (χ0n) is 17.1. The molecule has 3 aliphatic rings. The molecule has 2 aromatic rings. The Bertz CT molecular complexity index is 857. The molecule has 0 atom stereocenters. The fraction of sp³-hybridized carbons (Fsp3) is 0.619. The van der Waals surface area contributed by atoms with Crippen LogP contribution in [0, 0.1) is 11.3 Å². The Balaban J connectivity index is 1.07. The molecular formula is C21H27Cl2N7. The van der Waals surface area contributed by atoms with Crippen LogP contribution in [0.15, 0.2) is 24.4 Å². The Morgan fingerprint density at radius 1 is 0.967 bits per heavy atom. The van der Waals surface area contributed by atoms with Crippen LogP contribution in [0.2, 0.25) is 10.4 Å². The van der Waals surface area contributed by atoms with Crippen molar-refractivity contribution in [2.45, 2.75) is 25.7 Å². The van der Waals surface area contributed by atoms with E-state index in [1.54, 1.807) is 0 Å². The molecule has 1 saturated carbocycles. The Hall–Kier alpha value is -1.70. The standard InChI is InChI=1S/C21H27Cl2N7/c22-18-19(25-20(23)27-26-18)30-14-21(15-30)6-4-16(5-7-21)13-28-9-11-29(12-10-28)17-3-1-2-8-24-17/h1-3,8,16H,4-7,9-15H2. The molecule has 5 rings (SSSR count). The van der Waals surface area contributed by atoms with E-state index >= 15 is 0 Å². The highest BCUT2D eigenvalue weighted by Crippen LogP contribution is 2.47. The van der Waals surface area contributed by atoms with Gasteiger partial charge in [-0.15, -0.1) is 10.2 Å². The fourth-order valence-corrected chi connectivity index (χ4v) is 5.57. The quantitative estimate of drug-likeness (QED) is 0.711. The molecule has 0 radical (unpaired) electrons. The second-order valence-corrected chi connectivity index (χ2v) is 9.67. The van der Waals surface area contributed by atoms with Crippen molar-refractivity contribution in [1.29, 1.82) is 0 Å². The molecule has 160 valence electrons. The average Bonchev–Trinajstić information content (AvgIpc) is 2.76. The molecular weight excluding hydrogens is 421 g/mol. The van der Waals surface area contributed by atoms with E-state index in [0.29, 0.717) is 16.4 Å². The molecule has 30 heavy (non-hydrogen) atoms. The lowest BCUT2D eigenvalue weighted by molar-refractivity contribution is 0.0884. The van der Waals surface area contributed by atoms with Gasteiger partial charge in [0.05, 0.1) is 0 Å². The fourth-order valence-electron chi connectivity index (χ4n) is 5.25. The molecule has 2 saturated heterocycles. The minimum atomic E-state index is 0.155. The number of rotatable bonds is 4. The maximum Gasteiger partial charge on any atom is 0.245 e. The van der Waals surface area contributed by atoms with E-state index in [1.807, 2.05) is 12.3 Å². The summed E-state index contributed by atoms with van der Waals surface area (Å²) in [6, 6.07) is 6.15. The highest BCUT2D eigenvalue weighted by atomic mass is 35.5. The Labute approximate surface area is 187 Å². The first-order chi connectivity index (χ1) is 14.6. The topological polar surface area (TPSA) is 61.3 Å². The van der Waals surface area contributed by atoms with Crippen molar-refractivity contribution in [3.05, 3.63) is 34.8 Å². The summed E-state index contributed by atoms with van der Waals surface area (Å²) in [7, 11) is 0. The zero-order chi connectivity index (χ0) is 20.6. The molecule has 2 aromatic heterocycles. The van der Waals surface area contributed by atoms with Crippen LogP contribution in [0.4, 0.5) is 11.6 Å². The highest BCUT2D eigenvalue weighted by molar-refractivity contribution is 6.32. The summed E-state index contributed by atoms with van der Waals surface area (Å²) in [5.41, 5.74) is 0.412. The maximum absolute atomic E-state index is 6.16. The molecule has 3 fully saturated rings. The first-order valence-corrected chi connectivity index (χ1v) is 11.5. The summed E-state index contributed by atoms with van der Waals surface area (Å²) in [5, 5.41) is 8.08. The van der Waals surface area contributed by atoms with Gasteiger partial charge in [-0.2, -0.15) is 4.98 Å². The number of anilines is 2. The van der Waals surface area contributed by atoms with Crippen LogP contribution < -0.4 is 9.80 Å². The van der Waals surface area contributed by atoms with E-state index < -0.39 is 0 Å². The number of nitrogens with zero attached hydrogens (tertiary/aromatic N) is 7. The van der Waals surface area contributed by atoms with E-state index in [9.17, 15) is 0 Å². The largest absolute Gasteiger partial charge is 0.354 e. The Morgan fingerprint density at radius 3 is 2.43 bits per heavy atom. The first kappa shape index (κ1) is 20.2. The molecule has 0 bridgehead atoms. The van der Waals surface area contributed by atoms with E-state index in [2.05, 4.69) is 47.0 Å². The van der Waals surface area contributed by atoms with Crippen LogP contribution in [-0.4, -0.2) is 70.9 Å². The zero-order valence-corrected chi connectivity index (χ0v) is 18.6. The monoisotopic (exact) mass is 447 g/mol.